The number of nitro benzene ring substituents is 1. The van der Waals surface area contributed by atoms with Crippen LogP contribution in [0.15, 0.2) is 65.2 Å². The summed E-state index contributed by atoms with van der Waals surface area (Å²) in [6, 6.07) is 16.0. The Morgan fingerprint density at radius 3 is 2.46 bits per heavy atom. The largest absolute Gasteiger partial charge is 0.476 e. The van der Waals surface area contributed by atoms with Crippen molar-refractivity contribution in [2.75, 3.05) is 5.32 Å². The third-order valence-corrected chi connectivity index (χ3v) is 3.52. The van der Waals surface area contributed by atoms with Crippen LogP contribution >= 0.6 is 0 Å². The minimum atomic E-state index is -0.963. The molecule has 0 radical (unpaired) electrons. The zero-order chi connectivity index (χ0) is 18.5. The third-order valence-electron chi connectivity index (χ3n) is 3.52. The van der Waals surface area contributed by atoms with Gasteiger partial charge in [-0.05, 0) is 19.1 Å². The Labute approximate surface area is 148 Å². The summed E-state index contributed by atoms with van der Waals surface area (Å²) in [5.41, 5.74) is 0.569. The van der Waals surface area contributed by atoms with Crippen LogP contribution in [-0.4, -0.2) is 16.0 Å². The van der Waals surface area contributed by atoms with Gasteiger partial charge in [0.1, 0.15) is 11.5 Å². The van der Waals surface area contributed by atoms with E-state index in [1.54, 1.807) is 37.3 Å². The number of rotatable bonds is 6. The van der Waals surface area contributed by atoms with Crippen molar-refractivity contribution >= 4 is 17.4 Å². The molecule has 8 heteroatoms. The molecule has 0 spiro atoms. The van der Waals surface area contributed by atoms with Crippen LogP contribution in [-0.2, 0) is 4.79 Å². The Balaban J connectivity index is 1.83. The first-order valence-corrected chi connectivity index (χ1v) is 7.73. The molecule has 1 heterocycles. The van der Waals surface area contributed by atoms with Gasteiger partial charge in [-0.25, -0.2) is 0 Å². The normalized spacial score (nSPS) is 11.6. The molecular formula is C18H15N3O5. The van der Waals surface area contributed by atoms with Crippen LogP contribution in [0.2, 0.25) is 0 Å². The highest BCUT2D eigenvalue weighted by molar-refractivity contribution is 5.94. The van der Waals surface area contributed by atoms with E-state index in [0.717, 1.165) is 0 Å². The summed E-state index contributed by atoms with van der Waals surface area (Å²) in [6.07, 6.45) is -0.963. The maximum absolute atomic E-state index is 12.7. The zero-order valence-corrected chi connectivity index (χ0v) is 13.8. The molecule has 26 heavy (non-hydrogen) atoms. The highest BCUT2D eigenvalue weighted by atomic mass is 16.6. The van der Waals surface area contributed by atoms with Gasteiger partial charge >= 0.3 is 0 Å². The van der Waals surface area contributed by atoms with E-state index in [-0.39, 0.29) is 11.5 Å². The van der Waals surface area contributed by atoms with E-state index >= 15 is 0 Å². The zero-order valence-electron chi connectivity index (χ0n) is 13.8. The molecule has 1 unspecified atom stereocenters. The Hall–Kier alpha value is -3.68. The predicted molar refractivity (Wildman–Crippen MR) is 92.8 cm³/mol. The minimum Gasteiger partial charge on any atom is -0.476 e. The average molecular weight is 353 g/mol. The van der Waals surface area contributed by atoms with Crippen molar-refractivity contribution in [3.8, 4) is 5.75 Å². The molecule has 0 fully saturated rings. The number of ether oxygens (including phenoxy) is 1. The summed E-state index contributed by atoms with van der Waals surface area (Å²) < 4.78 is 10.7. The second-order valence-electron chi connectivity index (χ2n) is 5.47. The van der Waals surface area contributed by atoms with Gasteiger partial charge in [0.25, 0.3) is 11.6 Å². The molecule has 1 atom stereocenters. The number of carbonyl (C=O) groups excluding carboxylic acids is 1. The van der Waals surface area contributed by atoms with Crippen LogP contribution in [0.4, 0.5) is 11.5 Å². The van der Waals surface area contributed by atoms with Crippen LogP contribution in [0.3, 0.4) is 0 Å². The van der Waals surface area contributed by atoms with Crippen molar-refractivity contribution in [2.24, 2.45) is 0 Å². The van der Waals surface area contributed by atoms with Crippen LogP contribution in [0, 0.1) is 17.0 Å². The van der Waals surface area contributed by atoms with Gasteiger partial charge in [0.15, 0.2) is 5.82 Å². The smallest absolute Gasteiger partial charge is 0.271 e. The van der Waals surface area contributed by atoms with Gasteiger partial charge in [0.2, 0.25) is 6.10 Å². The third kappa shape index (κ3) is 4.04. The molecule has 0 aliphatic carbocycles. The van der Waals surface area contributed by atoms with Crippen molar-refractivity contribution in [1.29, 1.82) is 0 Å². The summed E-state index contributed by atoms with van der Waals surface area (Å²) in [4.78, 5) is 22.9. The Morgan fingerprint density at radius 2 is 1.88 bits per heavy atom. The van der Waals surface area contributed by atoms with Crippen molar-refractivity contribution in [3.63, 3.8) is 0 Å². The summed E-state index contributed by atoms with van der Waals surface area (Å²) in [5.74, 6) is 0.729. The molecule has 0 aliphatic heterocycles. The van der Waals surface area contributed by atoms with E-state index in [9.17, 15) is 14.9 Å². The molecule has 1 amide bonds. The van der Waals surface area contributed by atoms with Crippen molar-refractivity contribution in [3.05, 3.63) is 82.1 Å². The molecule has 1 N–H and O–H groups in total. The van der Waals surface area contributed by atoms with Gasteiger partial charge in [-0.15, -0.1) is 0 Å². The van der Waals surface area contributed by atoms with Crippen LogP contribution in [0.5, 0.6) is 5.75 Å². The maximum atomic E-state index is 12.7. The summed E-state index contributed by atoms with van der Waals surface area (Å²) in [7, 11) is 0. The molecule has 2 aromatic carbocycles. The van der Waals surface area contributed by atoms with Gasteiger partial charge in [-0.1, -0.05) is 35.5 Å². The van der Waals surface area contributed by atoms with Gasteiger partial charge < -0.3 is 14.6 Å². The molecule has 1 aromatic heterocycles. The fraction of sp³-hybridized carbons (Fsp3) is 0.111. The number of nitro groups is 1. The van der Waals surface area contributed by atoms with E-state index in [1.807, 2.05) is 6.07 Å². The Bertz CT molecular complexity index is 906. The predicted octanol–water partition coefficient (Wildman–Crippen LogP) is 3.65. The molecule has 0 aliphatic rings. The highest BCUT2D eigenvalue weighted by Crippen LogP contribution is 2.25. The number of benzene rings is 2. The standard InChI is InChI=1S/C18H15N3O5/c1-12-11-16(20-26-12)19-18(22)17(13-5-3-2-4-6-13)25-15-9-7-14(8-10-15)21(23)24/h2-11,17H,1H3,(H,19,20,22). The number of hydrogen-bond donors (Lipinski definition) is 1. The van der Waals surface area contributed by atoms with Crippen molar-refractivity contribution in [1.82, 2.24) is 5.16 Å². The molecule has 3 rings (SSSR count). The molecule has 0 saturated carbocycles. The van der Waals surface area contributed by atoms with E-state index in [1.165, 1.54) is 24.3 Å². The summed E-state index contributed by atoms with van der Waals surface area (Å²) in [5, 5.41) is 17.1. The van der Waals surface area contributed by atoms with Gasteiger partial charge in [0.05, 0.1) is 4.92 Å². The monoisotopic (exact) mass is 353 g/mol. The number of hydrogen-bond acceptors (Lipinski definition) is 6. The summed E-state index contributed by atoms with van der Waals surface area (Å²) in [6.45, 7) is 1.71. The van der Waals surface area contributed by atoms with E-state index in [0.29, 0.717) is 17.1 Å². The number of carbonyl (C=O) groups is 1. The molecule has 8 nitrogen and oxygen atoms in total. The second kappa shape index (κ2) is 7.47. The highest BCUT2D eigenvalue weighted by Gasteiger charge is 2.24. The maximum Gasteiger partial charge on any atom is 0.271 e. The van der Waals surface area contributed by atoms with Gasteiger partial charge in [-0.3, -0.25) is 14.9 Å². The fourth-order valence-electron chi connectivity index (χ4n) is 2.30. The number of amides is 1. The van der Waals surface area contributed by atoms with Crippen molar-refractivity contribution in [2.45, 2.75) is 13.0 Å². The number of non-ortho nitro benzene ring substituents is 1. The van der Waals surface area contributed by atoms with E-state index < -0.39 is 16.9 Å². The lowest BCUT2D eigenvalue weighted by atomic mass is 10.1. The first kappa shape index (κ1) is 17.2. The number of anilines is 1. The van der Waals surface area contributed by atoms with Gasteiger partial charge in [-0.2, -0.15) is 0 Å². The average Bonchev–Trinajstić information content (AvgIpc) is 3.05. The first-order valence-electron chi connectivity index (χ1n) is 7.73. The fourth-order valence-corrected chi connectivity index (χ4v) is 2.30. The first-order chi connectivity index (χ1) is 12.5. The molecule has 3 aromatic rings. The second-order valence-corrected chi connectivity index (χ2v) is 5.47. The minimum absolute atomic E-state index is 0.0591. The number of nitrogens with zero attached hydrogens (tertiary/aromatic N) is 2. The Morgan fingerprint density at radius 1 is 1.19 bits per heavy atom. The summed E-state index contributed by atoms with van der Waals surface area (Å²) >= 11 is 0. The Kier molecular flexibility index (Phi) is 4.93. The van der Waals surface area contributed by atoms with Gasteiger partial charge in [0, 0.05) is 23.8 Å². The molecule has 132 valence electrons. The van der Waals surface area contributed by atoms with E-state index in [4.69, 9.17) is 9.26 Å². The number of aryl methyl sites for hydroxylation is 1. The number of nitrogens with one attached hydrogen (secondary N) is 1. The lowest BCUT2D eigenvalue weighted by molar-refractivity contribution is -0.384. The lowest BCUT2D eigenvalue weighted by Crippen LogP contribution is -2.25. The van der Waals surface area contributed by atoms with Crippen LogP contribution in [0.25, 0.3) is 0 Å². The molecule has 0 saturated heterocycles. The van der Waals surface area contributed by atoms with Crippen LogP contribution in [0.1, 0.15) is 17.4 Å². The SMILES string of the molecule is Cc1cc(NC(=O)C(Oc2ccc([N+](=O)[O-])cc2)c2ccccc2)no1. The topological polar surface area (TPSA) is 108 Å². The van der Waals surface area contributed by atoms with E-state index in [2.05, 4.69) is 10.5 Å². The van der Waals surface area contributed by atoms with Crippen molar-refractivity contribution < 1.29 is 19.0 Å². The molecule has 0 bridgehead atoms. The molecular weight excluding hydrogens is 338 g/mol. The van der Waals surface area contributed by atoms with Crippen LogP contribution < -0.4 is 10.1 Å². The lowest BCUT2D eigenvalue weighted by Gasteiger charge is -2.18. The quantitative estimate of drug-likeness (QED) is 0.535. The number of aromatic nitrogens is 1.